The number of alkyl halides is 2. The van der Waals surface area contributed by atoms with Gasteiger partial charge in [-0.05, 0) is 36.8 Å². The van der Waals surface area contributed by atoms with Crippen LogP contribution < -0.4 is 4.90 Å². The molecule has 0 amide bonds. The van der Waals surface area contributed by atoms with Crippen LogP contribution in [0, 0.1) is 11.8 Å². The van der Waals surface area contributed by atoms with Crippen LogP contribution in [0.3, 0.4) is 0 Å². The van der Waals surface area contributed by atoms with Crippen LogP contribution >= 0.6 is 0 Å². The summed E-state index contributed by atoms with van der Waals surface area (Å²) in [4.78, 5) is 15.2. The molecule has 0 aromatic carbocycles. The molecule has 0 radical (unpaired) electrons. The molecule has 8 nitrogen and oxygen atoms in total. The molecule has 5 rings (SSSR count). The summed E-state index contributed by atoms with van der Waals surface area (Å²) in [5.74, 6) is 1.83. The zero-order valence-corrected chi connectivity index (χ0v) is 15.7. The first-order chi connectivity index (χ1) is 14.1. The highest BCUT2D eigenvalue weighted by atomic mass is 19.3. The molecule has 1 N–H and O–H groups in total. The highest BCUT2D eigenvalue weighted by Crippen LogP contribution is 2.33. The first-order valence-electron chi connectivity index (χ1n) is 9.72. The molecule has 0 bridgehead atoms. The van der Waals surface area contributed by atoms with E-state index in [2.05, 4.69) is 25.0 Å². The fourth-order valence-electron chi connectivity index (χ4n) is 4.37. The molecular formula is C19H21F2N7O. The Balaban J connectivity index is 1.41. The third-order valence-electron chi connectivity index (χ3n) is 5.94. The number of fused-ring (bicyclic) bond motifs is 1. The highest BCUT2D eigenvalue weighted by molar-refractivity contribution is 5.62. The molecule has 29 heavy (non-hydrogen) atoms. The molecule has 152 valence electrons. The predicted molar refractivity (Wildman–Crippen MR) is 101 cm³/mol. The quantitative estimate of drug-likeness (QED) is 0.720. The van der Waals surface area contributed by atoms with Crippen LogP contribution in [0.15, 0.2) is 30.7 Å². The minimum absolute atomic E-state index is 0.303. The number of hydroxylamine groups is 2. The fourth-order valence-corrected chi connectivity index (χ4v) is 4.37. The first-order valence-corrected chi connectivity index (χ1v) is 9.72. The molecule has 2 aliphatic heterocycles. The first kappa shape index (κ1) is 18.3. The largest absolute Gasteiger partial charge is 0.356 e. The normalized spacial score (nSPS) is 23.0. The van der Waals surface area contributed by atoms with Crippen LogP contribution in [-0.2, 0) is 0 Å². The number of rotatable bonds is 4. The molecule has 2 fully saturated rings. The minimum atomic E-state index is -2.65. The topological polar surface area (TPSA) is 82.7 Å². The molecule has 0 saturated carbocycles. The number of hydrogen-bond donors (Lipinski definition) is 1. The molecule has 3 aromatic heterocycles. The minimum Gasteiger partial charge on any atom is -0.356 e. The van der Waals surface area contributed by atoms with Gasteiger partial charge in [0.05, 0.1) is 11.9 Å². The Kier molecular flexibility index (Phi) is 4.59. The monoisotopic (exact) mass is 401 g/mol. The second-order valence-electron chi connectivity index (χ2n) is 7.69. The van der Waals surface area contributed by atoms with E-state index < -0.39 is 6.43 Å². The van der Waals surface area contributed by atoms with E-state index in [9.17, 15) is 14.0 Å². The van der Waals surface area contributed by atoms with E-state index in [0.29, 0.717) is 28.9 Å². The van der Waals surface area contributed by atoms with Crippen molar-refractivity contribution < 1.29 is 14.0 Å². The number of aromatic nitrogens is 5. The molecular weight excluding hydrogens is 380 g/mol. The van der Waals surface area contributed by atoms with Crippen LogP contribution in [0.5, 0.6) is 0 Å². The van der Waals surface area contributed by atoms with Gasteiger partial charge < -0.3 is 10.1 Å². The number of nitrogens with zero attached hydrogens (tertiary/aromatic N) is 7. The van der Waals surface area contributed by atoms with Gasteiger partial charge in [-0.25, -0.2) is 28.2 Å². The maximum atomic E-state index is 13.0. The molecule has 2 saturated heterocycles. The van der Waals surface area contributed by atoms with Crippen molar-refractivity contribution in [2.24, 2.45) is 11.8 Å². The van der Waals surface area contributed by atoms with Gasteiger partial charge in [0.15, 0.2) is 5.65 Å². The van der Waals surface area contributed by atoms with Crippen molar-refractivity contribution in [1.82, 2.24) is 29.6 Å². The van der Waals surface area contributed by atoms with E-state index in [1.807, 2.05) is 6.07 Å². The van der Waals surface area contributed by atoms with Crippen LogP contribution in [0.1, 0.15) is 25.0 Å². The van der Waals surface area contributed by atoms with Crippen molar-refractivity contribution in [2.45, 2.75) is 19.3 Å². The number of imidazole rings is 1. The lowest BCUT2D eigenvalue weighted by Gasteiger charge is -2.20. The Labute approximate surface area is 165 Å². The average Bonchev–Trinajstić information content (AvgIpc) is 3.46. The Morgan fingerprint density at radius 2 is 1.86 bits per heavy atom. The Morgan fingerprint density at radius 1 is 1.03 bits per heavy atom. The van der Waals surface area contributed by atoms with Crippen LogP contribution in [-0.4, -0.2) is 61.0 Å². The molecule has 0 aliphatic carbocycles. The Hall–Kier alpha value is -2.72. The van der Waals surface area contributed by atoms with E-state index in [0.717, 1.165) is 44.8 Å². The number of anilines is 1. The average molecular weight is 401 g/mol. The van der Waals surface area contributed by atoms with Crippen molar-refractivity contribution >= 4 is 11.5 Å². The van der Waals surface area contributed by atoms with Gasteiger partial charge in [-0.15, -0.1) is 0 Å². The summed E-state index contributed by atoms with van der Waals surface area (Å²) in [6.07, 6.45) is 2.50. The van der Waals surface area contributed by atoms with E-state index in [1.165, 1.54) is 28.0 Å². The summed E-state index contributed by atoms with van der Waals surface area (Å²) in [6, 6.07) is 4.66. The number of hydrogen-bond acceptors (Lipinski definition) is 7. The standard InChI is InChI=1S/C19H21F2N7O/c20-19(21)14-1-2-17-22-8-16(28(17)25-14)15-7-18(24-11-23-15)26-5-3-12(9-26)13-4-6-27(29)10-13/h1-2,7-8,11-13,19,29H,3-6,9-10H2. The summed E-state index contributed by atoms with van der Waals surface area (Å²) < 4.78 is 27.5. The number of halogens is 2. The highest BCUT2D eigenvalue weighted by Gasteiger charge is 2.34. The lowest BCUT2D eigenvalue weighted by molar-refractivity contribution is -0.0728. The Bertz CT molecular complexity index is 1030. The molecule has 0 spiro atoms. The van der Waals surface area contributed by atoms with E-state index in [-0.39, 0.29) is 5.69 Å². The zero-order chi connectivity index (χ0) is 20.0. The molecule has 2 atom stereocenters. The van der Waals surface area contributed by atoms with Gasteiger partial charge in [-0.3, -0.25) is 0 Å². The van der Waals surface area contributed by atoms with Crippen molar-refractivity contribution in [1.29, 1.82) is 0 Å². The summed E-state index contributed by atoms with van der Waals surface area (Å²) in [7, 11) is 0. The van der Waals surface area contributed by atoms with Gasteiger partial charge in [0.25, 0.3) is 6.43 Å². The summed E-state index contributed by atoms with van der Waals surface area (Å²) in [5, 5.41) is 15.1. The van der Waals surface area contributed by atoms with Crippen LogP contribution in [0.4, 0.5) is 14.6 Å². The lowest BCUT2D eigenvalue weighted by atomic mass is 9.91. The zero-order valence-electron chi connectivity index (χ0n) is 15.7. The van der Waals surface area contributed by atoms with Gasteiger partial charge in [0.2, 0.25) is 0 Å². The van der Waals surface area contributed by atoms with Crippen molar-refractivity contribution in [3.8, 4) is 11.4 Å². The summed E-state index contributed by atoms with van der Waals surface area (Å²) in [6.45, 7) is 3.24. The molecule has 3 aromatic rings. The smallest absolute Gasteiger partial charge is 0.282 e. The lowest BCUT2D eigenvalue weighted by Crippen LogP contribution is -2.25. The maximum absolute atomic E-state index is 13.0. The molecule has 5 heterocycles. The third kappa shape index (κ3) is 3.42. The van der Waals surface area contributed by atoms with Gasteiger partial charge in [-0.1, -0.05) is 0 Å². The maximum Gasteiger partial charge on any atom is 0.282 e. The molecule has 10 heteroatoms. The van der Waals surface area contributed by atoms with Gasteiger partial charge >= 0.3 is 0 Å². The Morgan fingerprint density at radius 3 is 2.66 bits per heavy atom. The van der Waals surface area contributed by atoms with Crippen molar-refractivity contribution in [3.05, 3.63) is 36.4 Å². The second-order valence-corrected chi connectivity index (χ2v) is 7.69. The van der Waals surface area contributed by atoms with Crippen molar-refractivity contribution in [2.75, 3.05) is 31.1 Å². The molecule has 2 aliphatic rings. The third-order valence-corrected chi connectivity index (χ3v) is 5.94. The van der Waals surface area contributed by atoms with E-state index in [4.69, 9.17) is 0 Å². The van der Waals surface area contributed by atoms with Gasteiger partial charge in [0.1, 0.15) is 23.5 Å². The fraction of sp³-hybridized carbons (Fsp3) is 0.474. The van der Waals surface area contributed by atoms with E-state index >= 15 is 0 Å². The van der Waals surface area contributed by atoms with Gasteiger partial charge in [0, 0.05) is 32.2 Å². The van der Waals surface area contributed by atoms with Gasteiger partial charge in [-0.2, -0.15) is 10.2 Å². The molecule has 2 unspecified atom stereocenters. The summed E-state index contributed by atoms with van der Waals surface area (Å²) in [5.41, 5.74) is 1.32. The van der Waals surface area contributed by atoms with Crippen LogP contribution in [0.2, 0.25) is 0 Å². The van der Waals surface area contributed by atoms with Crippen LogP contribution in [0.25, 0.3) is 17.0 Å². The van der Waals surface area contributed by atoms with E-state index in [1.54, 1.807) is 6.20 Å². The second kappa shape index (κ2) is 7.27. The summed E-state index contributed by atoms with van der Waals surface area (Å²) >= 11 is 0. The predicted octanol–water partition coefficient (Wildman–Crippen LogP) is 2.66. The SMILES string of the molecule is ON1CCC(C2CCN(c3cc(-c4cnc5ccc(C(F)F)nn45)ncn3)C2)C1. The van der Waals surface area contributed by atoms with Crippen molar-refractivity contribution in [3.63, 3.8) is 0 Å².